The van der Waals surface area contributed by atoms with Crippen LogP contribution in [0.3, 0.4) is 0 Å². The van der Waals surface area contributed by atoms with Crippen molar-refractivity contribution in [3.8, 4) is 5.75 Å². The summed E-state index contributed by atoms with van der Waals surface area (Å²) in [5, 5.41) is 44.2. The Morgan fingerprint density at radius 1 is 1.19 bits per heavy atom. The van der Waals surface area contributed by atoms with Gasteiger partial charge in [-0.1, -0.05) is 6.07 Å². The number of rotatable bonds is 5. The van der Waals surface area contributed by atoms with Crippen LogP contribution in [0.4, 0.5) is 0 Å². The molecule has 11 heteroatoms. The second-order valence-electron chi connectivity index (χ2n) is 10.1. The molecule has 4 rings (SSSR count). The molecule has 194 valence electrons. The van der Waals surface area contributed by atoms with E-state index < -0.39 is 64.3 Å². The third kappa shape index (κ3) is 3.53. The molecule has 3 aliphatic rings. The molecule has 0 heterocycles. The number of aromatic hydroxyl groups is 1. The molecule has 0 radical (unpaired) electrons. The summed E-state index contributed by atoms with van der Waals surface area (Å²) in [5.74, 6) is -6.95. The monoisotopic (exact) mass is 501 g/mol. The van der Waals surface area contributed by atoms with Gasteiger partial charge in [0.05, 0.1) is 17.7 Å². The third-order valence-electron chi connectivity index (χ3n) is 7.37. The predicted molar refractivity (Wildman–Crippen MR) is 127 cm³/mol. The van der Waals surface area contributed by atoms with Crippen LogP contribution in [-0.4, -0.2) is 74.6 Å². The maximum atomic E-state index is 13.7. The van der Waals surface area contributed by atoms with Gasteiger partial charge in [-0.15, -0.1) is 0 Å². The number of allylic oxidation sites excluding steroid dienone is 1. The standard InChI is InChI=1S/C25H31N3O8/c1-9(2)36-24(27)11-5-6-14(29)16-12(11)7-10-8-13-18(28(3)4)20(31)17(23(26)34)22(33)25(13,35)21(32)15(10)19(16)30/h5-6,9-10,13,18,24,29,31-32,35H,7-8,27H2,1-4H3,(H2,26,34)/t10-,13-,18-,24?,25-/m0/s1. The molecule has 11 nitrogen and oxygen atoms in total. The minimum Gasteiger partial charge on any atom is -0.510 e. The topological polar surface area (TPSA) is 197 Å². The van der Waals surface area contributed by atoms with E-state index in [1.807, 2.05) is 0 Å². The fourth-order valence-electron chi connectivity index (χ4n) is 5.91. The number of fused-ring (bicyclic) bond motifs is 3. The van der Waals surface area contributed by atoms with Crippen LogP contribution in [0.15, 0.2) is 34.8 Å². The third-order valence-corrected chi connectivity index (χ3v) is 7.37. The number of phenols is 1. The highest BCUT2D eigenvalue weighted by Gasteiger charge is 2.63. The lowest BCUT2D eigenvalue weighted by Gasteiger charge is -2.50. The molecule has 0 aliphatic heterocycles. The molecule has 0 saturated heterocycles. The number of ether oxygens (including phenoxy) is 1. The molecule has 1 aromatic rings. The van der Waals surface area contributed by atoms with Gasteiger partial charge in [-0.25, -0.2) is 0 Å². The Balaban J connectivity index is 1.93. The van der Waals surface area contributed by atoms with E-state index in [1.165, 1.54) is 11.0 Å². The van der Waals surface area contributed by atoms with Gasteiger partial charge in [0.25, 0.3) is 5.91 Å². The molecule has 1 amide bonds. The molecule has 0 bridgehead atoms. The number of nitrogens with two attached hydrogens (primary N) is 2. The number of primary amides is 1. The molecule has 1 aromatic carbocycles. The first kappa shape index (κ1) is 25.8. The molecule has 0 spiro atoms. The van der Waals surface area contributed by atoms with Gasteiger partial charge in [-0.3, -0.25) is 19.3 Å². The van der Waals surface area contributed by atoms with Crippen molar-refractivity contribution >= 4 is 17.5 Å². The molecule has 0 fully saturated rings. The van der Waals surface area contributed by atoms with Gasteiger partial charge in [0.15, 0.2) is 11.4 Å². The Bertz CT molecular complexity index is 1230. The molecule has 0 saturated carbocycles. The molecule has 3 aliphatic carbocycles. The fourth-order valence-corrected chi connectivity index (χ4v) is 5.91. The fraction of sp³-hybridized carbons (Fsp3) is 0.480. The lowest BCUT2D eigenvalue weighted by molar-refractivity contribution is -0.148. The molecule has 0 aromatic heterocycles. The average Bonchev–Trinajstić information content (AvgIpc) is 2.75. The molecule has 36 heavy (non-hydrogen) atoms. The zero-order chi connectivity index (χ0) is 26.9. The zero-order valence-electron chi connectivity index (χ0n) is 20.5. The average molecular weight is 502 g/mol. The number of benzene rings is 1. The second-order valence-corrected chi connectivity index (χ2v) is 10.1. The van der Waals surface area contributed by atoms with Crippen LogP contribution in [0.25, 0.3) is 0 Å². The number of carbonyl (C=O) groups is 3. The number of nitrogens with zero attached hydrogens (tertiary/aromatic N) is 1. The second kappa shape index (κ2) is 8.70. The molecule has 5 atom stereocenters. The summed E-state index contributed by atoms with van der Waals surface area (Å²) in [6.45, 7) is 3.61. The van der Waals surface area contributed by atoms with Crippen LogP contribution in [-0.2, 0) is 20.7 Å². The molecular weight excluding hydrogens is 470 g/mol. The molecule has 8 N–H and O–H groups in total. The number of aliphatic hydroxyl groups excluding tert-OH is 2. The molecule has 1 unspecified atom stereocenters. The van der Waals surface area contributed by atoms with Gasteiger partial charge in [0.1, 0.15) is 29.1 Å². The minimum absolute atomic E-state index is 0.00112. The summed E-state index contributed by atoms with van der Waals surface area (Å²) in [6, 6.07) is 1.82. The van der Waals surface area contributed by atoms with E-state index in [4.69, 9.17) is 16.2 Å². The van der Waals surface area contributed by atoms with Gasteiger partial charge >= 0.3 is 0 Å². The Morgan fingerprint density at radius 3 is 2.39 bits per heavy atom. The van der Waals surface area contributed by atoms with Gasteiger partial charge in [-0.05, 0) is 63.9 Å². The van der Waals surface area contributed by atoms with E-state index in [2.05, 4.69) is 0 Å². The lowest BCUT2D eigenvalue weighted by Crippen LogP contribution is -2.63. The summed E-state index contributed by atoms with van der Waals surface area (Å²) in [6.07, 6.45) is -0.951. The quantitative estimate of drug-likeness (QED) is 0.244. The van der Waals surface area contributed by atoms with Gasteiger partial charge in [0.2, 0.25) is 5.78 Å². The van der Waals surface area contributed by atoms with Crippen molar-refractivity contribution < 1.29 is 39.5 Å². The summed E-state index contributed by atoms with van der Waals surface area (Å²) in [7, 11) is 3.15. The van der Waals surface area contributed by atoms with Crippen molar-refractivity contribution in [3.05, 3.63) is 51.5 Å². The number of likely N-dealkylation sites (N-methyl/N-ethyl adjacent to an activating group) is 1. The number of phenolic OH excluding ortho intramolecular Hbond substituents is 1. The van der Waals surface area contributed by atoms with E-state index in [0.29, 0.717) is 11.1 Å². The van der Waals surface area contributed by atoms with Crippen LogP contribution in [0.1, 0.15) is 48.0 Å². The van der Waals surface area contributed by atoms with Crippen LogP contribution in [0.2, 0.25) is 0 Å². The van der Waals surface area contributed by atoms with Crippen molar-refractivity contribution in [2.75, 3.05) is 14.1 Å². The maximum absolute atomic E-state index is 13.7. The Morgan fingerprint density at radius 2 is 1.83 bits per heavy atom. The summed E-state index contributed by atoms with van der Waals surface area (Å²) in [5.41, 5.74) is 8.66. The number of aliphatic hydroxyl groups is 3. The first-order valence-corrected chi connectivity index (χ1v) is 11.6. The van der Waals surface area contributed by atoms with Crippen LogP contribution < -0.4 is 11.5 Å². The summed E-state index contributed by atoms with van der Waals surface area (Å²) in [4.78, 5) is 40.5. The Hall–Kier alpha value is -3.25. The van der Waals surface area contributed by atoms with Gasteiger partial charge in [0, 0.05) is 11.5 Å². The highest BCUT2D eigenvalue weighted by Crippen LogP contribution is 2.52. The summed E-state index contributed by atoms with van der Waals surface area (Å²) >= 11 is 0. The van der Waals surface area contributed by atoms with Gasteiger partial charge < -0.3 is 36.6 Å². The number of amides is 1. The van der Waals surface area contributed by atoms with E-state index in [-0.39, 0.29) is 35.8 Å². The number of hydrogen-bond donors (Lipinski definition) is 6. The van der Waals surface area contributed by atoms with Crippen LogP contribution in [0, 0.1) is 11.8 Å². The number of ketones is 2. The smallest absolute Gasteiger partial charge is 0.255 e. The minimum atomic E-state index is -2.67. The number of Topliss-reactive ketones (excluding diaryl/α,β-unsaturated/α-hetero) is 2. The Kier molecular flexibility index (Phi) is 6.24. The van der Waals surface area contributed by atoms with Crippen molar-refractivity contribution in [1.82, 2.24) is 4.90 Å². The maximum Gasteiger partial charge on any atom is 0.255 e. The first-order chi connectivity index (χ1) is 16.7. The highest BCUT2D eigenvalue weighted by molar-refractivity contribution is 6.24. The SMILES string of the molecule is CC(C)OC(N)c1ccc(O)c2c1C[C@H]1C[C@H]3[C@H](N(C)C)C(O)=C(C(N)=O)C(=O)[C@@]3(O)C(O)=C1C2=O. The zero-order valence-corrected chi connectivity index (χ0v) is 20.5. The van der Waals surface area contributed by atoms with E-state index in [9.17, 15) is 34.8 Å². The van der Waals surface area contributed by atoms with E-state index >= 15 is 0 Å². The lowest BCUT2D eigenvalue weighted by atomic mass is 9.58. The van der Waals surface area contributed by atoms with Crippen LogP contribution in [0.5, 0.6) is 5.75 Å². The van der Waals surface area contributed by atoms with Crippen molar-refractivity contribution in [1.29, 1.82) is 0 Å². The number of carbonyl (C=O) groups excluding carboxylic acids is 3. The van der Waals surface area contributed by atoms with Crippen molar-refractivity contribution in [2.24, 2.45) is 23.3 Å². The van der Waals surface area contributed by atoms with Crippen molar-refractivity contribution in [3.63, 3.8) is 0 Å². The number of hydrogen-bond acceptors (Lipinski definition) is 10. The van der Waals surface area contributed by atoms with Crippen LogP contribution >= 0.6 is 0 Å². The molecular formula is C25H31N3O8. The van der Waals surface area contributed by atoms with E-state index in [0.717, 1.165) is 0 Å². The highest BCUT2D eigenvalue weighted by atomic mass is 16.5. The van der Waals surface area contributed by atoms with Gasteiger partial charge in [-0.2, -0.15) is 0 Å². The largest absolute Gasteiger partial charge is 0.510 e. The van der Waals surface area contributed by atoms with Crippen molar-refractivity contribution in [2.45, 2.75) is 50.7 Å². The Labute approximate surface area is 207 Å². The summed E-state index contributed by atoms with van der Waals surface area (Å²) < 4.78 is 5.70. The first-order valence-electron chi connectivity index (χ1n) is 11.6. The van der Waals surface area contributed by atoms with E-state index in [1.54, 1.807) is 34.0 Å². The predicted octanol–water partition coefficient (Wildman–Crippen LogP) is 0.503. The normalized spacial score (nSPS) is 28.8.